The highest BCUT2D eigenvalue weighted by Crippen LogP contribution is 2.36. The molecule has 36 heavy (non-hydrogen) atoms. The highest BCUT2D eigenvalue weighted by atomic mass is 16.5. The third-order valence-corrected chi connectivity index (χ3v) is 6.41. The van der Waals surface area contributed by atoms with Crippen LogP contribution in [0.15, 0.2) is 60.7 Å². The molecule has 0 aliphatic carbocycles. The first-order valence-corrected chi connectivity index (χ1v) is 12.1. The molecule has 2 unspecified atom stereocenters. The average Bonchev–Trinajstić information content (AvgIpc) is 2.93. The lowest BCUT2D eigenvalue weighted by atomic mass is 9.95. The summed E-state index contributed by atoms with van der Waals surface area (Å²) >= 11 is 0. The van der Waals surface area contributed by atoms with Crippen LogP contribution in [0.5, 0.6) is 17.2 Å². The fourth-order valence-electron chi connectivity index (χ4n) is 4.52. The van der Waals surface area contributed by atoms with Crippen molar-refractivity contribution in [1.82, 2.24) is 10.2 Å². The van der Waals surface area contributed by atoms with Crippen LogP contribution in [0.2, 0.25) is 0 Å². The lowest BCUT2D eigenvalue weighted by Gasteiger charge is -2.32. The highest BCUT2D eigenvalue weighted by Gasteiger charge is 2.29. The summed E-state index contributed by atoms with van der Waals surface area (Å²) in [5.41, 5.74) is 0.647. The van der Waals surface area contributed by atoms with Gasteiger partial charge in [0.25, 0.3) is 5.91 Å². The molecule has 0 radical (unpaired) electrons. The zero-order chi connectivity index (χ0) is 25.5. The molecule has 1 aliphatic rings. The number of methoxy groups -OCH3 is 2. The summed E-state index contributed by atoms with van der Waals surface area (Å²) in [6.45, 7) is 0.944. The van der Waals surface area contributed by atoms with Crippen LogP contribution in [-0.2, 0) is 4.79 Å². The third-order valence-electron chi connectivity index (χ3n) is 6.41. The van der Waals surface area contributed by atoms with Crippen molar-refractivity contribution in [3.8, 4) is 17.2 Å². The fraction of sp³-hybridized carbons (Fsp3) is 0.357. The molecule has 1 saturated heterocycles. The van der Waals surface area contributed by atoms with E-state index in [1.165, 1.54) is 14.2 Å². The topological polar surface area (TPSA) is 97.3 Å². The molecule has 2 atom stereocenters. The summed E-state index contributed by atoms with van der Waals surface area (Å²) in [6.07, 6.45) is 0.505. The number of piperidine rings is 1. The molecule has 4 rings (SSSR count). The van der Waals surface area contributed by atoms with E-state index in [9.17, 15) is 14.7 Å². The Morgan fingerprint density at radius 3 is 2.47 bits per heavy atom. The van der Waals surface area contributed by atoms with E-state index in [2.05, 4.69) is 5.32 Å². The van der Waals surface area contributed by atoms with Crippen LogP contribution in [0.3, 0.4) is 0 Å². The van der Waals surface area contributed by atoms with Crippen LogP contribution in [-0.4, -0.2) is 68.4 Å². The van der Waals surface area contributed by atoms with Crippen molar-refractivity contribution in [1.29, 1.82) is 0 Å². The molecule has 2 N–H and O–H groups in total. The molecule has 190 valence electrons. The van der Waals surface area contributed by atoms with E-state index in [1.807, 2.05) is 42.5 Å². The molecule has 8 heteroatoms. The van der Waals surface area contributed by atoms with E-state index in [0.717, 1.165) is 17.2 Å². The molecule has 1 heterocycles. The standard InChI is InChI=1S/C28H32N2O6/c1-34-24-13-6-14-25(35-2)26(24)36-18-21(31)16-29-27(32)20-10-7-15-30(17-20)28(33)23-12-5-9-19-8-3-4-11-22(19)23/h3-6,8-9,11-14,20-21,31H,7,10,15-18H2,1-2H3,(H,29,32). The molecule has 1 fully saturated rings. The minimum atomic E-state index is -0.930. The van der Waals surface area contributed by atoms with Gasteiger partial charge in [0.1, 0.15) is 12.7 Å². The Hall–Kier alpha value is -3.78. The SMILES string of the molecule is COc1cccc(OC)c1OCC(O)CNC(=O)C1CCCN(C(=O)c2cccc3ccccc23)C1. The van der Waals surface area contributed by atoms with Crippen LogP contribution in [0.1, 0.15) is 23.2 Å². The van der Waals surface area contributed by atoms with Crippen LogP contribution >= 0.6 is 0 Å². The lowest BCUT2D eigenvalue weighted by molar-refractivity contribution is -0.126. The van der Waals surface area contributed by atoms with Gasteiger partial charge < -0.3 is 29.5 Å². The van der Waals surface area contributed by atoms with Gasteiger partial charge in [0.05, 0.1) is 20.1 Å². The first kappa shape index (κ1) is 25.3. The second-order valence-corrected chi connectivity index (χ2v) is 8.82. The van der Waals surface area contributed by atoms with Crippen LogP contribution in [0, 0.1) is 5.92 Å². The molecular formula is C28H32N2O6. The number of hydrogen-bond donors (Lipinski definition) is 2. The maximum absolute atomic E-state index is 13.3. The largest absolute Gasteiger partial charge is 0.493 e. The van der Waals surface area contributed by atoms with Crippen LogP contribution < -0.4 is 19.5 Å². The number of aliphatic hydroxyl groups is 1. The van der Waals surface area contributed by atoms with E-state index in [4.69, 9.17) is 14.2 Å². The number of likely N-dealkylation sites (tertiary alicyclic amines) is 1. The molecule has 3 aromatic carbocycles. The zero-order valence-corrected chi connectivity index (χ0v) is 20.6. The van der Waals surface area contributed by atoms with Gasteiger partial charge in [-0.25, -0.2) is 0 Å². The third kappa shape index (κ3) is 5.71. The molecular weight excluding hydrogens is 460 g/mol. The predicted molar refractivity (Wildman–Crippen MR) is 137 cm³/mol. The molecule has 2 amide bonds. The number of fused-ring (bicyclic) bond motifs is 1. The van der Waals surface area contributed by atoms with E-state index < -0.39 is 6.10 Å². The fourth-order valence-corrected chi connectivity index (χ4v) is 4.52. The Morgan fingerprint density at radius 2 is 1.72 bits per heavy atom. The number of para-hydroxylation sites is 1. The molecule has 0 aromatic heterocycles. The Morgan fingerprint density at radius 1 is 1.03 bits per heavy atom. The Balaban J connectivity index is 1.31. The first-order valence-electron chi connectivity index (χ1n) is 12.1. The van der Waals surface area contributed by atoms with Gasteiger partial charge in [-0.15, -0.1) is 0 Å². The normalized spacial score (nSPS) is 16.3. The second kappa shape index (κ2) is 11.8. The Labute approximate surface area is 210 Å². The van der Waals surface area contributed by atoms with Crippen LogP contribution in [0.25, 0.3) is 10.8 Å². The first-order chi connectivity index (χ1) is 17.5. The molecule has 0 saturated carbocycles. The lowest BCUT2D eigenvalue weighted by Crippen LogP contribution is -2.47. The number of hydrogen-bond acceptors (Lipinski definition) is 6. The second-order valence-electron chi connectivity index (χ2n) is 8.82. The van der Waals surface area contributed by atoms with Gasteiger partial charge in [-0.05, 0) is 41.8 Å². The molecule has 3 aromatic rings. The zero-order valence-electron chi connectivity index (χ0n) is 20.6. The Kier molecular flexibility index (Phi) is 8.28. The molecule has 0 bridgehead atoms. The number of benzene rings is 3. The van der Waals surface area contributed by atoms with Gasteiger partial charge in [-0.3, -0.25) is 9.59 Å². The summed E-state index contributed by atoms with van der Waals surface area (Å²) in [7, 11) is 3.05. The van der Waals surface area contributed by atoms with Gasteiger partial charge in [-0.2, -0.15) is 0 Å². The van der Waals surface area contributed by atoms with Gasteiger partial charge in [-0.1, -0.05) is 42.5 Å². The minimum Gasteiger partial charge on any atom is -0.493 e. The monoisotopic (exact) mass is 492 g/mol. The number of aliphatic hydroxyl groups excluding tert-OH is 1. The van der Waals surface area contributed by atoms with Gasteiger partial charge in [0.15, 0.2) is 11.5 Å². The smallest absolute Gasteiger partial charge is 0.254 e. The van der Waals surface area contributed by atoms with Gasteiger partial charge in [0, 0.05) is 25.2 Å². The summed E-state index contributed by atoms with van der Waals surface area (Å²) in [5, 5.41) is 15.1. The quantitative estimate of drug-likeness (QED) is 0.476. The average molecular weight is 493 g/mol. The highest BCUT2D eigenvalue weighted by molar-refractivity contribution is 6.07. The van der Waals surface area contributed by atoms with E-state index in [0.29, 0.717) is 42.3 Å². The maximum Gasteiger partial charge on any atom is 0.254 e. The number of nitrogens with zero attached hydrogens (tertiary/aromatic N) is 1. The van der Waals surface area contributed by atoms with E-state index in [1.54, 1.807) is 23.1 Å². The van der Waals surface area contributed by atoms with Crippen molar-refractivity contribution >= 4 is 22.6 Å². The van der Waals surface area contributed by atoms with E-state index in [-0.39, 0.29) is 30.9 Å². The summed E-state index contributed by atoms with van der Waals surface area (Å²) in [5.74, 6) is 0.790. The van der Waals surface area contributed by atoms with Gasteiger partial charge >= 0.3 is 0 Å². The predicted octanol–water partition coefficient (Wildman–Crippen LogP) is 3.27. The number of rotatable bonds is 9. The van der Waals surface area contributed by atoms with Crippen molar-refractivity contribution in [3.05, 3.63) is 66.2 Å². The molecule has 8 nitrogen and oxygen atoms in total. The van der Waals surface area contributed by atoms with Crippen molar-refractivity contribution in [2.45, 2.75) is 18.9 Å². The number of amides is 2. The summed E-state index contributed by atoms with van der Waals surface area (Å²) in [4.78, 5) is 27.9. The number of carbonyl (C=O) groups is 2. The van der Waals surface area contributed by atoms with Crippen molar-refractivity contribution < 1.29 is 28.9 Å². The Bertz CT molecular complexity index is 1190. The molecule has 1 aliphatic heterocycles. The van der Waals surface area contributed by atoms with Crippen molar-refractivity contribution in [2.75, 3.05) is 40.5 Å². The molecule has 0 spiro atoms. The number of carbonyl (C=O) groups excluding carboxylic acids is 2. The van der Waals surface area contributed by atoms with Crippen molar-refractivity contribution in [2.24, 2.45) is 5.92 Å². The minimum absolute atomic E-state index is 0.0318. The summed E-state index contributed by atoms with van der Waals surface area (Å²) < 4.78 is 16.3. The van der Waals surface area contributed by atoms with Crippen molar-refractivity contribution in [3.63, 3.8) is 0 Å². The number of nitrogens with one attached hydrogen (secondary N) is 1. The maximum atomic E-state index is 13.3. The van der Waals surface area contributed by atoms with Crippen LogP contribution in [0.4, 0.5) is 0 Å². The summed E-state index contributed by atoms with van der Waals surface area (Å²) in [6, 6.07) is 18.8. The van der Waals surface area contributed by atoms with E-state index >= 15 is 0 Å². The number of ether oxygens (including phenoxy) is 3. The van der Waals surface area contributed by atoms with Gasteiger partial charge in [0.2, 0.25) is 11.7 Å².